The van der Waals surface area contributed by atoms with E-state index in [4.69, 9.17) is 15.6 Å². The summed E-state index contributed by atoms with van der Waals surface area (Å²) in [5.74, 6) is 0.178. The molecule has 0 bridgehead atoms. The number of aromatic nitrogens is 1. The second-order valence-corrected chi connectivity index (χ2v) is 5.88. The standard InChI is InChI=1S/C16H21N3O3/c1-10-7-11(17)15-12(18-10)5-4-6-13(15)22-9-16(2,3)19-14(21)8-20/h4-7,20H,8-9H2,1-3H3,(H2,17,18)(H,19,21). The fourth-order valence-corrected chi connectivity index (χ4v) is 2.25. The van der Waals surface area contributed by atoms with Crippen molar-refractivity contribution in [2.75, 3.05) is 18.9 Å². The van der Waals surface area contributed by atoms with Gasteiger partial charge in [-0.3, -0.25) is 9.78 Å². The number of ether oxygens (including phenoxy) is 1. The molecule has 6 nitrogen and oxygen atoms in total. The van der Waals surface area contributed by atoms with E-state index in [2.05, 4.69) is 10.3 Å². The molecule has 0 spiro atoms. The van der Waals surface area contributed by atoms with Gasteiger partial charge in [0.15, 0.2) is 0 Å². The Morgan fingerprint density at radius 3 is 2.86 bits per heavy atom. The number of carbonyl (C=O) groups excluding carboxylic acids is 1. The predicted molar refractivity (Wildman–Crippen MR) is 85.7 cm³/mol. The van der Waals surface area contributed by atoms with Crippen LogP contribution in [0.25, 0.3) is 10.9 Å². The molecule has 0 unspecified atom stereocenters. The van der Waals surface area contributed by atoms with Crippen LogP contribution < -0.4 is 15.8 Å². The Hall–Kier alpha value is -2.34. The van der Waals surface area contributed by atoms with Crippen LogP contribution in [0.5, 0.6) is 5.75 Å². The number of pyridine rings is 1. The molecule has 4 N–H and O–H groups in total. The first kappa shape index (κ1) is 16.0. The largest absolute Gasteiger partial charge is 0.490 e. The number of hydrogen-bond acceptors (Lipinski definition) is 5. The van der Waals surface area contributed by atoms with Crippen LogP contribution in [0.1, 0.15) is 19.5 Å². The number of aliphatic hydroxyl groups is 1. The molecule has 0 aliphatic carbocycles. The first-order valence-corrected chi connectivity index (χ1v) is 7.03. The third kappa shape index (κ3) is 3.65. The van der Waals surface area contributed by atoms with Gasteiger partial charge in [-0.2, -0.15) is 0 Å². The molecule has 118 valence electrons. The summed E-state index contributed by atoms with van der Waals surface area (Å²) >= 11 is 0. The predicted octanol–water partition coefficient (Wildman–Crippen LogP) is 1.39. The number of nitrogens with one attached hydrogen (secondary N) is 1. The van der Waals surface area contributed by atoms with Gasteiger partial charge in [0, 0.05) is 11.4 Å². The lowest BCUT2D eigenvalue weighted by Crippen LogP contribution is -2.48. The van der Waals surface area contributed by atoms with Crippen molar-refractivity contribution in [3.63, 3.8) is 0 Å². The normalized spacial score (nSPS) is 11.5. The molecule has 1 amide bonds. The molecular formula is C16H21N3O3. The van der Waals surface area contributed by atoms with Crippen molar-refractivity contribution in [2.45, 2.75) is 26.3 Å². The number of aliphatic hydroxyl groups excluding tert-OH is 1. The van der Waals surface area contributed by atoms with Gasteiger partial charge < -0.3 is 20.9 Å². The van der Waals surface area contributed by atoms with E-state index in [0.717, 1.165) is 16.6 Å². The van der Waals surface area contributed by atoms with E-state index in [9.17, 15) is 4.79 Å². The first-order chi connectivity index (χ1) is 10.3. The molecular weight excluding hydrogens is 282 g/mol. The first-order valence-electron chi connectivity index (χ1n) is 7.03. The molecule has 6 heteroatoms. The van der Waals surface area contributed by atoms with Crippen LogP contribution in [-0.4, -0.2) is 34.8 Å². The highest BCUT2D eigenvalue weighted by Crippen LogP contribution is 2.30. The molecule has 0 radical (unpaired) electrons. The van der Waals surface area contributed by atoms with E-state index in [-0.39, 0.29) is 6.61 Å². The van der Waals surface area contributed by atoms with Gasteiger partial charge in [0.05, 0.1) is 16.4 Å². The number of carbonyl (C=O) groups is 1. The van der Waals surface area contributed by atoms with E-state index >= 15 is 0 Å². The number of benzene rings is 1. The fourth-order valence-electron chi connectivity index (χ4n) is 2.25. The van der Waals surface area contributed by atoms with Crippen LogP contribution in [0.15, 0.2) is 24.3 Å². The van der Waals surface area contributed by atoms with Crippen LogP contribution in [0, 0.1) is 6.92 Å². The number of aryl methyl sites for hydroxylation is 1. The third-order valence-electron chi connectivity index (χ3n) is 3.16. The van der Waals surface area contributed by atoms with Crippen LogP contribution in [-0.2, 0) is 4.79 Å². The minimum absolute atomic E-state index is 0.241. The van der Waals surface area contributed by atoms with E-state index in [0.29, 0.717) is 11.4 Å². The molecule has 0 aliphatic rings. The molecule has 0 atom stereocenters. The number of amides is 1. The number of rotatable bonds is 5. The summed E-state index contributed by atoms with van der Waals surface area (Å²) in [5, 5.41) is 12.3. The molecule has 22 heavy (non-hydrogen) atoms. The second-order valence-electron chi connectivity index (χ2n) is 5.88. The highest BCUT2D eigenvalue weighted by molar-refractivity contribution is 5.95. The Bertz CT molecular complexity index is 698. The molecule has 1 aromatic carbocycles. The number of nitrogen functional groups attached to an aromatic ring is 1. The maximum absolute atomic E-state index is 11.3. The lowest BCUT2D eigenvalue weighted by atomic mass is 10.1. The second kappa shape index (κ2) is 6.19. The van der Waals surface area contributed by atoms with Crippen molar-refractivity contribution < 1.29 is 14.6 Å². The summed E-state index contributed by atoms with van der Waals surface area (Å²) in [6.07, 6.45) is 0. The van der Waals surface area contributed by atoms with Gasteiger partial charge in [-0.1, -0.05) is 6.07 Å². The Kier molecular flexibility index (Phi) is 4.51. The zero-order valence-corrected chi connectivity index (χ0v) is 13.0. The SMILES string of the molecule is Cc1cc(N)c2c(OCC(C)(C)NC(=O)CO)cccc2n1. The Balaban J connectivity index is 2.24. The van der Waals surface area contributed by atoms with Crippen molar-refractivity contribution in [3.05, 3.63) is 30.0 Å². The third-order valence-corrected chi connectivity index (χ3v) is 3.16. The zero-order chi connectivity index (χ0) is 16.3. The van der Waals surface area contributed by atoms with Crippen molar-refractivity contribution in [1.82, 2.24) is 10.3 Å². The molecule has 2 rings (SSSR count). The Labute approximate surface area is 129 Å². The molecule has 0 fully saturated rings. The molecule has 0 saturated carbocycles. The average Bonchev–Trinajstić information content (AvgIpc) is 2.44. The fraction of sp³-hybridized carbons (Fsp3) is 0.375. The summed E-state index contributed by atoms with van der Waals surface area (Å²) in [5.41, 5.74) is 7.68. The quantitative estimate of drug-likeness (QED) is 0.775. The lowest BCUT2D eigenvalue weighted by Gasteiger charge is -2.26. The Morgan fingerprint density at radius 1 is 1.45 bits per heavy atom. The van der Waals surface area contributed by atoms with Gasteiger partial charge in [-0.25, -0.2) is 0 Å². The van der Waals surface area contributed by atoms with Gasteiger partial charge in [-0.05, 0) is 39.0 Å². The molecule has 1 heterocycles. The van der Waals surface area contributed by atoms with Crippen LogP contribution in [0.2, 0.25) is 0 Å². The van der Waals surface area contributed by atoms with Crippen molar-refractivity contribution in [3.8, 4) is 5.75 Å². The highest BCUT2D eigenvalue weighted by atomic mass is 16.5. The molecule has 0 aliphatic heterocycles. The van der Waals surface area contributed by atoms with Gasteiger partial charge >= 0.3 is 0 Å². The Morgan fingerprint density at radius 2 is 2.18 bits per heavy atom. The monoisotopic (exact) mass is 303 g/mol. The molecule has 0 saturated heterocycles. The number of nitrogens with zero attached hydrogens (tertiary/aromatic N) is 1. The average molecular weight is 303 g/mol. The maximum atomic E-state index is 11.3. The number of fused-ring (bicyclic) bond motifs is 1. The summed E-state index contributed by atoms with van der Waals surface area (Å²) in [7, 11) is 0. The summed E-state index contributed by atoms with van der Waals surface area (Å²) in [6.45, 7) is 5.21. The highest BCUT2D eigenvalue weighted by Gasteiger charge is 2.21. The van der Waals surface area contributed by atoms with E-state index in [1.165, 1.54) is 0 Å². The minimum atomic E-state index is -0.616. The summed E-state index contributed by atoms with van der Waals surface area (Å²) in [4.78, 5) is 15.7. The zero-order valence-electron chi connectivity index (χ0n) is 13.0. The van der Waals surface area contributed by atoms with E-state index < -0.39 is 18.1 Å². The van der Waals surface area contributed by atoms with Crippen molar-refractivity contribution in [2.24, 2.45) is 0 Å². The number of hydrogen-bond donors (Lipinski definition) is 3. The smallest absolute Gasteiger partial charge is 0.246 e. The number of nitrogens with two attached hydrogens (primary N) is 1. The van der Waals surface area contributed by atoms with Crippen LogP contribution in [0.3, 0.4) is 0 Å². The van der Waals surface area contributed by atoms with Crippen molar-refractivity contribution >= 4 is 22.5 Å². The maximum Gasteiger partial charge on any atom is 0.246 e. The lowest BCUT2D eigenvalue weighted by molar-refractivity contribution is -0.125. The van der Waals surface area contributed by atoms with Crippen molar-refractivity contribution in [1.29, 1.82) is 0 Å². The number of anilines is 1. The van der Waals surface area contributed by atoms with E-state index in [1.54, 1.807) is 6.07 Å². The van der Waals surface area contributed by atoms with Gasteiger partial charge in [0.25, 0.3) is 0 Å². The summed E-state index contributed by atoms with van der Waals surface area (Å²) < 4.78 is 5.83. The van der Waals surface area contributed by atoms with Gasteiger partial charge in [0.2, 0.25) is 5.91 Å². The minimum Gasteiger partial charge on any atom is -0.490 e. The molecule has 1 aromatic heterocycles. The summed E-state index contributed by atoms with van der Waals surface area (Å²) in [6, 6.07) is 7.35. The van der Waals surface area contributed by atoms with Gasteiger partial charge in [-0.15, -0.1) is 0 Å². The van der Waals surface area contributed by atoms with Crippen LogP contribution >= 0.6 is 0 Å². The molecule has 2 aromatic rings. The van der Waals surface area contributed by atoms with E-state index in [1.807, 2.05) is 39.0 Å². The topological polar surface area (TPSA) is 97.5 Å². The van der Waals surface area contributed by atoms with Crippen LogP contribution in [0.4, 0.5) is 5.69 Å². The van der Waals surface area contributed by atoms with Gasteiger partial charge in [0.1, 0.15) is 19.0 Å².